The zero-order valence-electron chi connectivity index (χ0n) is 14.8. The van der Waals surface area contributed by atoms with Crippen molar-refractivity contribution in [2.24, 2.45) is 0 Å². The van der Waals surface area contributed by atoms with Crippen LogP contribution in [0.5, 0.6) is 23.0 Å². The highest BCUT2D eigenvalue weighted by molar-refractivity contribution is 5.67. The highest BCUT2D eigenvalue weighted by Gasteiger charge is 2.25. The number of ether oxygens (including phenoxy) is 4. The van der Waals surface area contributed by atoms with Crippen LogP contribution >= 0.6 is 0 Å². The standard InChI is InChI=1S/C19H24O5/c1-12-15(10-13-6-8-14(11-20)9-7-13)17(22-3)19(24-5)18(23-4)16(12)21-2/h6-9,20H,10-11H2,1-5H3. The minimum Gasteiger partial charge on any atom is -0.492 e. The van der Waals surface area contributed by atoms with Gasteiger partial charge in [0, 0.05) is 17.5 Å². The van der Waals surface area contributed by atoms with E-state index in [1.165, 1.54) is 0 Å². The Morgan fingerprint density at radius 1 is 0.708 bits per heavy atom. The number of rotatable bonds is 7. The van der Waals surface area contributed by atoms with Crippen molar-refractivity contribution < 1.29 is 24.1 Å². The first-order valence-corrected chi connectivity index (χ1v) is 7.65. The van der Waals surface area contributed by atoms with E-state index in [4.69, 9.17) is 18.9 Å². The lowest BCUT2D eigenvalue weighted by Crippen LogP contribution is -2.05. The van der Waals surface area contributed by atoms with Crippen molar-refractivity contribution in [3.8, 4) is 23.0 Å². The molecule has 0 bridgehead atoms. The van der Waals surface area contributed by atoms with Gasteiger partial charge in [-0.3, -0.25) is 0 Å². The van der Waals surface area contributed by atoms with Gasteiger partial charge in [0.1, 0.15) is 0 Å². The maximum absolute atomic E-state index is 9.17. The molecule has 0 amide bonds. The summed E-state index contributed by atoms with van der Waals surface area (Å²) in [5.41, 5.74) is 3.90. The van der Waals surface area contributed by atoms with E-state index < -0.39 is 0 Å². The summed E-state index contributed by atoms with van der Waals surface area (Å²) in [6, 6.07) is 7.81. The normalized spacial score (nSPS) is 10.4. The molecule has 0 heterocycles. The predicted octanol–water partition coefficient (Wildman–Crippen LogP) is 3.11. The molecular formula is C19H24O5. The van der Waals surface area contributed by atoms with Crippen LogP contribution in [-0.2, 0) is 13.0 Å². The Balaban J connectivity index is 2.58. The molecule has 24 heavy (non-hydrogen) atoms. The maximum atomic E-state index is 9.17. The molecule has 0 unspecified atom stereocenters. The fourth-order valence-electron chi connectivity index (χ4n) is 2.83. The van der Waals surface area contributed by atoms with Crippen molar-refractivity contribution >= 4 is 0 Å². The topological polar surface area (TPSA) is 57.2 Å². The van der Waals surface area contributed by atoms with Crippen molar-refractivity contribution in [3.05, 3.63) is 46.5 Å². The second-order valence-electron chi connectivity index (χ2n) is 5.39. The van der Waals surface area contributed by atoms with Crippen LogP contribution in [0.4, 0.5) is 0 Å². The fourth-order valence-corrected chi connectivity index (χ4v) is 2.83. The van der Waals surface area contributed by atoms with Gasteiger partial charge in [0.15, 0.2) is 11.5 Å². The Kier molecular flexibility index (Phi) is 5.93. The molecule has 2 rings (SSSR count). The molecule has 0 atom stereocenters. The first kappa shape index (κ1) is 17.9. The van der Waals surface area contributed by atoms with Gasteiger partial charge in [-0.25, -0.2) is 0 Å². The second kappa shape index (κ2) is 7.93. The lowest BCUT2D eigenvalue weighted by molar-refractivity contribution is 0.282. The fraction of sp³-hybridized carbons (Fsp3) is 0.368. The van der Waals surface area contributed by atoms with Gasteiger partial charge in [0.2, 0.25) is 11.5 Å². The quantitative estimate of drug-likeness (QED) is 0.844. The molecule has 0 saturated carbocycles. The summed E-state index contributed by atoms with van der Waals surface area (Å²) in [5, 5.41) is 9.17. The molecule has 0 aliphatic heterocycles. The van der Waals surface area contributed by atoms with E-state index in [1.807, 2.05) is 31.2 Å². The van der Waals surface area contributed by atoms with Crippen molar-refractivity contribution in [2.75, 3.05) is 28.4 Å². The largest absolute Gasteiger partial charge is 0.492 e. The molecule has 0 radical (unpaired) electrons. The van der Waals surface area contributed by atoms with Gasteiger partial charge < -0.3 is 24.1 Å². The van der Waals surface area contributed by atoms with Gasteiger partial charge in [-0.05, 0) is 18.1 Å². The molecule has 0 fully saturated rings. The van der Waals surface area contributed by atoms with Crippen molar-refractivity contribution in [2.45, 2.75) is 20.0 Å². The van der Waals surface area contributed by atoms with Crippen LogP contribution in [0.3, 0.4) is 0 Å². The molecule has 5 nitrogen and oxygen atoms in total. The molecule has 5 heteroatoms. The molecule has 0 spiro atoms. The van der Waals surface area contributed by atoms with Crippen LogP contribution < -0.4 is 18.9 Å². The summed E-state index contributed by atoms with van der Waals surface area (Å²) in [7, 11) is 6.37. The number of methoxy groups -OCH3 is 4. The van der Waals surface area contributed by atoms with Crippen LogP contribution in [0.2, 0.25) is 0 Å². The molecule has 0 aromatic heterocycles. The summed E-state index contributed by atoms with van der Waals surface area (Å²) in [5.74, 6) is 2.31. The van der Waals surface area contributed by atoms with E-state index in [2.05, 4.69) is 0 Å². The highest BCUT2D eigenvalue weighted by Crippen LogP contribution is 2.49. The van der Waals surface area contributed by atoms with Gasteiger partial charge in [0.05, 0.1) is 35.0 Å². The van der Waals surface area contributed by atoms with Crippen LogP contribution in [0.25, 0.3) is 0 Å². The van der Waals surface area contributed by atoms with Gasteiger partial charge in [-0.1, -0.05) is 24.3 Å². The average molecular weight is 332 g/mol. The third kappa shape index (κ3) is 3.26. The Morgan fingerprint density at radius 2 is 1.17 bits per heavy atom. The average Bonchev–Trinajstić information content (AvgIpc) is 2.62. The zero-order chi connectivity index (χ0) is 17.7. The van der Waals surface area contributed by atoms with E-state index >= 15 is 0 Å². The first-order valence-electron chi connectivity index (χ1n) is 7.65. The lowest BCUT2D eigenvalue weighted by Gasteiger charge is -2.21. The monoisotopic (exact) mass is 332 g/mol. The molecule has 0 saturated heterocycles. The number of aliphatic hydroxyl groups is 1. The van der Waals surface area contributed by atoms with Crippen molar-refractivity contribution in [1.82, 2.24) is 0 Å². The Labute approximate surface area is 142 Å². The molecule has 0 aliphatic rings. The van der Waals surface area contributed by atoms with Crippen LogP contribution in [0.15, 0.2) is 24.3 Å². The molecule has 0 aliphatic carbocycles. The van der Waals surface area contributed by atoms with E-state index in [1.54, 1.807) is 28.4 Å². The molecule has 2 aromatic carbocycles. The predicted molar refractivity (Wildman–Crippen MR) is 92.6 cm³/mol. The van der Waals surface area contributed by atoms with Crippen molar-refractivity contribution in [3.63, 3.8) is 0 Å². The van der Waals surface area contributed by atoms with E-state index in [0.29, 0.717) is 29.4 Å². The molecule has 1 N–H and O–H groups in total. The lowest BCUT2D eigenvalue weighted by atomic mass is 9.97. The van der Waals surface area contributed by atoms with Crippen LogP contribution in [0, 0.1) is 6.92 Å². The number of aliphatic hydroxyl groups excluding tert-OH is 1. The van der Waals surface area contributed by atoms with E-state index in [0.717, 1.165) is 22.3 Å². The SMILES string of the molecule is COc1c(C)c(Cc2ccc(CO)cc2)c(OC)c(OC)c1OC. The number of hydrogen-bond acceptors (Lipinski definition) is 5. The van der Waals surface area contributed by atoms with Crippen molar-refractivity contribution in [1.29, 1.82) is 0 Å². The smallest absolute Gasteiger partial charge is 0.207 e. The van der Waals surface area contributed by atoms with Crippen LogP contribution in [-0.4, -0.2) is 33.5 Å². The molecule has 130 valence electrons. The highest BCUT2D eigenvalue weighted by atomic mass is 16.5. The second-order valence-corrected chi connectivity index (χ2v) is 5.39. The molecular weight excluding hydrogens is 308 g/mol. The van der Waals surface area contributed by atoms with E-state index in [9.17, 15) is 5.11 Å². The number of hydrogen-bond donors (Lipinski definition) is 1. The summed E-state index contributed by atoms with van der Waals surface area (Å²) in [4.78, 5) is 0. The Morgan fingerprint density at radius 3 is 1.62 bits per heavy atom. The van der Waals surface area contributed by atoms with Gasteiger partial charge in [-0.2, -0.15) is 0 Å². The van der Waals surface area contributed by atoms with Gasteiger partial charge in [0.25, 0.3) is 0 Å². The number of benzene rings is 2. The summed E-state index contributed by atoms with van der Waals surface area (Å²) >= 11 is 0. The summed E-state index contributed by atoms with van der Waals surface area (Å²) < 4.78 is 22.1. The maximum Gasteiger partial charge on any atom is 0.207 e. The van der Waals surface area contributed by atoms with Gasteiger partial charge >= 0.3 is 0 Å². The third-order valence-corrected chi connectivity index (χ3v) is 4.09. The third-order valence-electron chi connectivity index (χ3n) is 4.09. The first-order chi connectivity index (χ1) is 11.6. The minimum atomic E-state index is 0.0345. The Hall–Kier alpha value is -2.40. The van der Waals surface area contributed by atoms with Crippen LogP contribution in [0.1, 0.15) is 22.3 Å². The van der Waals surface area contributed by atoms with Gasteiger partial charge in [-0.15, -0.1) is 0 Å². The Bertz CT molecular complexity index is 692. The van der Waals surface area contributed by atoms with E-state index in [-0.39, 0.29) is 6.61 Å². The molecule has 2 aromatic rings. The summed E-state index contributed by atoms with van der Waals surface area (Å²) in [6.45, 7) is 2.01. The zero-order valence-corrected chi connectivity index (χ0v) is 14.8. The minimum absolute atomic E-state index is 0.0345. The summed E-state index contributed by atoms with van der Waals surface area (Å²) in [6.07, 6.45) is 0.650.